The zero-order valence-electron chi connectivity index (χ0n) is 6.20. The van der Waals surface area contributed by atoms with Crippen molar-refractivity contribution in [2.45, 2.75) is 0 Å². The number of hydrogen-bond donors (Lipinski definition) is 1. The molecule has 1 aromatic rings. The molecule has 0 saturated carbocycles. The molecule has 0 amide bonds. The van der Waals surface area contributed by atoms with E-state index in [1.165, 1.54) is 0 Å². The summed E-state index contributed by atoms with van der Waals surface area (Å²) in [6.07, 6.45) is 1.41. The molecule has 1 rings (SSSR count). The predicted molar refractivity (Wildman–Crippen MR) is 50.8 cm³/mol. The van der Waals surface area contributed by atoms with Gasteiger partial charge in [-0.25, -0.2) is 0 Å². The van der Waals surface area contributed by atoms with Crippen LogP contribution in [-0.2, 0) is 4.79 Å². The number of allylic oxidation sites excluding steroid dienone is 1. The molecule has 0 spiro atoms. The minimum absolute atomic E-state index is 0.274. The number of hydrogen-bond acceptors (Lipinski definition) is 2. The quantitative estimate of drug-likeness (QED) is 0.478. The molecule has 12 heavy (non-hydrogen) atoms. The Bertz CT molecular complexity index is 318. The van der Waals surface area contributed by atoms with Crippen LogP contribution in [-0.4, -0.2) is 11.4 Å². The van der Waals surface area contributed by atoms with E-state index in [4.69, 9.17) is 5.11 Å². The molecule has 0 aromatic heterocycles. The van der Waals surface area contributed by atoms with Crippen molar-refractivity contribution in [3.63, 3.8) is 0 Å². The molecule has 0 saturated heterocycles. The van der Waals surface area contributed by atoms with Gasteiger partial charge >= 0.3 is 0 Å². The highest BCUT2D eigenvalue weighted by molar-refractivity contribution is 9.10. The van der Waals surface area contributed by atoms with Crippen LogP contribution in [0.25, 0.3) is 5.57 Å². The molecule has 2 nitrogen and oxygen atoms in total. The molecule has 0 radical (unpaired) electrons. The predicted octanol–water partition coefficient (Wildman–Crippen LogP) is 2.55. The van der Waals surface area contributed by atoms with Crippen LogP contribution in [0, 0.1) is 0 Å². The van der Waals surface area contributed by atoms with Gasteiger partial charge in [0.05, 0.1) is 11.8 Å². The van der Waals surface area contributed by atoms with Crippen molar-refractivity contribution in [2.24, 2.45) is 0 Å². The van der Waals surface area contributed by atoms with Gasteiger partial charge in [0.2, 0.25) is 0 Å². The zero-order chi connectivity index (χ0) is 8.97. The second kappa shape index (κ2) is 4.07. The molecule has 0 fully saturated rings. The second-order valence-electron chi connectivity index (χ2n) is 2.21. The highest BCUT2D eigenvalue weighted by Gasteiger charge is 1.99. The van der Waals surface area contributed by atoms with Crippen LogP contribution in [0.5, 0.6) is 0 Å². The monoisotopic (exact) mass is 226 g/mol. The van der Waals surface area contributed by atoms with Gasteiger partial charge in [-0.05, 0) is 17.7 Å². The Morgan fingerprint density at radius 1 is 1.50 bits per heavy atom. The number of benzene rings is 1. The van der Waals surface area contributed by atoms with Gasteiger partial charge in [-0.2, -0.15) is 0 Å². The molecule has 62 valence electrons. The molecule has 0 atom stereocenters. The van der Waals surface area contributed by atoms with Crippen LogP contribution in [0.3, 0.4) is 0 Å². The Morgan fingerprint density at radius 3 is 2.75 bits per heavy atom. The van der Waals surface area contributed by atoms with Crippen LogP contribution in [0.2, 0.25) is 0 Å². The lowest BCUT2D eigenvalue weighted by Gasteiger charge is -1.97. The van der Waals surface area contributed by atoms with Gasteiger partial charge in [-0.15, -0.1) is 0 Å². The lowest BCUT2D eigenvalue weighted by atomic mass is 10.1. The van der Waals surface area contributed by atoms with E-state index in [1.807, 2.05) is 6.07 Å². The van der Waals surface area contributed by atoms with Crippen LogP contribution in [0.4, 0.5) is 0 Å². The fraction of sp³-hybridized carbons (Fsp3) is 0. The fourth-order valence-electron chi connectivity index (χ4n) is 0.841. The Labute approximate surface area is 78.7 Å². The summed E-state index contributed by atoms with van der Waals surface area (Å²) in [5.74, 6) is 0. The third-order valence-electron chi connectivity index (χ3n) is 1.42. The molecular weight excluding hydrogens is 220 g/mol. The standard InChI is InChI=1S/C9H7BrO2/c10-9-3-1-2-7(4-9)8(5-11)6-12/h1-6,11H. The number of rotatable bonds is 2. The summed E-state index contributed by atoms with van der Waals surface area (Å²) in [6, 6.07) is 7.16. The molecule has 1 aromatic carbocycles. The molecule has 0 bridgehead atoms. The van der Waals surface area contributed by atoms with E-state index in [0.29, 0.717) is 11.8 Å². The van der Waals surface area contributed by atoms with Gasteiger partial charge in [-0.3, -0.25) is 4.79 Å². The number of carbonyl (C=O) groups excluding carboxylic acids is 1. The van der Waals surface area contributed by atoms with E-state index in [2.05, 4.69) is 15.9 Å². The number of aliphatic hydroxyl groups is 1. The minimum Gasteiger partial charge on any atom is -0.515 e. The normalized spacial score (nSPS) is 11.2. The van der Waals surface area contributed by atoms with E-state index in [0.717, 1.165) is 10.7 Å². The Morgan fingerprint density at radius 2 is 2.25 bits per heavy atom. The van der Waals surface area contributed by atoms with Crippen molar-refractivity contribution in [3.8, 4) is 0 Å². The Hall–Kier alpha value is -1.09. The van der Waals surface area contributed by atoms with Crippen molar-refractivity contribution in [1.29, 1.82) is 0 Å². The van der Waals surface area contributed by atoms with Crippen LogP contribution in [0.1, 0.15) is 5.56 Å². The van der Waals surface area contributed by atoms with E-state index < -0.39 is 0 Å². The van der Waals surface area contributed by atoms with Gasteiger partial charge in [-0.1, -0.05) is 28.1 Å². The summed E-state index contributed by atoms with van der Waals surface area (Å²) in [4.78, 5) is 10.4. The third kappa shape index (κ3) is 1.95. The topological polar surface area (TPSA) is 37.3 Å². The highest BCUT2D eigenvalue weighted by atomic mass is 79.9. The maximum Gasteiger partial charge on any atom is 0.153 e. The van der Waals surface area contributed by atoms with Crippen molar-refractivity contribution >= 4 is 27.8 Å². The summed E-state index contributed by atoms with van der Waals surface area (Å²) in [5, 5.41) is 8.66. The van der Waals surface area contributed by atoms with Gasteiger partial charge in [0, 0.05) is 4.47 Å². The zero-order valence-corrected chi connectivity index (χ0v) is 7.78. The minimum atomic E-state index is 0.274. The Kier molecular flexibility index (Phi) is 3.05. The summed E-state index contributed by atoms with van der Waals surface area (Å²) >= 11 is 3.26. The smallest absolute Gasteiger partial charge is 0.153 e. The molecular formula is C9H7BrO2. The third-order valence-corrected chi connectivity index (χ3v) is 1.92. The summed E-state index contributed by atoms with van der Waals surface area (Å²) in [7, 11) is 0. The molecule has 0 heterocycles. The lowest BCUT2D eigenvalue weighted by molar-refractivity contribution is -0.103. The van der Waals surface area contributed by atoms with Gasteiger partial charge in [0.25, 0.3) is 0 Å². The van der Waals surface area contributed by atoms with Gasteiger partial charge in [0.1, 0.15) is 0 Å². The largest absolute Gasteiger partial charge is 0.515 e. The highest BCUT2D eigenvalue weighted by Crippen LogP contribution is 2.16. The lowest BCUT2D eigenvalue weighted by Crippen LogP contribution is -1.84. The molecule has 0 aliphatic heterocycles. The van der Waals surface area contributed by atoms with Crippen molar-refractivity contribution in [2.75, 3.05) is 0 Å². The maximum atomic E-state index is 10.4. The molecule has 0 unspecified atom stereocenters. The maximum absolute atomic E-state index is 10.4. The van der Waals surface area contributed by atoms with Crippen molar-refractivity contribution < 1.29 is 9.90 Å². The average molecular weight is 227 g/mol. The number of halogens is 1. The molecule has 3 heteroatoms. The van der Waals surface area contributed by atoms with E-state index in [-0.39, 0.29) is 5.57 Å². The number of carbonyl (C=O) groups is 1. The molecule has 0 aliphatic carbocycles. The molecule has 0 aliphatic rings. The molecule has 1 N–H and O–H groups in total. The number of aliphatic hydroxyl groups excluding tert-OH is 1. The second-order valence-corrected chi connectivity index (χ2v) is 3.13. The first-order chi connectivity index (χ1) is 5.77. The first-order valence-corrected chi connectivity index (χ1v) is 4.12. The summed E-state index contributed by atoms with van der Waals surface area (Å²) < 4.78 is 0.876. The van der Waals surface area contributed by atoms with Gasteiger partial charge in [0.15, 0.2) is 6.29 Å². The van der Waals surface area contributed by atoms with Crippen molar-refractivity contribution in [3.05, 3.63) is 40.6 Å². The average Bonchev–Trinajstić information content (AvgIpc) is 2.07. The fourth-order valence-corrected chi connectivity index (χ4v) is 1.24. The summed E-state index contributed by atoms with van der Waals surface area (Å²) in [5.41, 5.74) is 0.971. The van der Waals surface area contributed by atoms with E-state index in [1.54, 1.807) is 18.2 Å². The first kappa shape index (κ1) is 9.00. The van der Waals surface area contributed by atoms with Crippen LogP contribution in [0.15, 0.2) is 35.0 Å². The number of aldehydes is 1. The van der Waals surface area contributed by atoms with Crippen LogP contribution >= 0.6 is 15.9 Å². The van der Waals surface area contributed by atoms with E-state index in [9.17, 15) is 4.79 Å². The van der Waals surface area contributed by atoms with E-state index >= 15 is 0 Å². The summed E-state index contributed by atoms with van der Waals surface area (Å²) in [6.45, 7) is 0. The SMILES string of the molecule is O=CC(=CO)c1cccc(Br)c1. The van der Waals surface area contributed by atoms with Crippen LogP contribution < -0.4 is 0 Å². The van der Waals surface area contributed by atoms with Gasteiger partial charge < -0.3 is 5.11 Å². The van der Waals surface area contributed by atoms with Crippen molar-refractivity contribution in [1.82, 2.24) is 0 Å². The first-order valence-electron chi connectivity index (χ1n) is 3.33. The Balaban J connectivity index is 3.10.